The van der Waals surface area contributed by atoms with Gasteiger partial charge in [0.05, 0.1) is 11.1 Å². The minimum atomic E-state index is 0.681. The Morgan fingerprint density at radius 1 is 1.32 bits per heavy atom. The number of likely N-dealkylation sites (N-methyl/N-ethyl adjacent to an activating group) is 1. The second kappa shape index (κ2) is 9.26. The fraction of sp³-hybridized carbons (Fsp3) is 0.647. The van der Waals surface area contributed by atoms with E-state index < -0.39 is 0 Å². The molecule has 0 saturated carbocycles. The number of halogens is 2. The van der Waals surface area contributed by atoms with Crippen LogP contribution in [0.3, 0.4) is 0 Å². The zero-order valence-corrected chi connectivity index (χ0v) is 16.7. The van der Waals surface area contributed by atoms with Crippen LogP contribution in [0, 0.1) is 0 Å². The smallest absolute Gasteiger partial charge is 0.138 e. The molecule has 1 atom stereocenters. The lowest BCUT2D eigenvalue weighted by molar-refractivity contribution is 0.259. The Bertz CT molecular complexity index is 482. The molecular formula is C17H26Br2N2O. The number of nitrogens with zero attached hydrogens (tertiary/aromatic N) is 1. The van der Waals surface area contributed by atoms with E-state index in [0.717, 1.165) is 47.4 Å². The van der Waals surface area contributed by atoms with Crippen LogP contribution in [0.25, 0.3) is 0 Å². The summed E-state index contributed by atoms with van der Waals surface area (Å²) in [7, 11) is 0. The van der Waals surface area contributed by atoms with Gasteiger partial charge in [0.2, 0.25) is 0 Å². The Morgan fingerprint density at radius 3 is 2.86 bits per heavy atom. The standard InChI is InChI=1S/C17H26Br2N2O/c1-3-8-22-17-13(9-14(18)10-16(17)19)11-20-12-15-6-5-7-21(15)4-2/h9-10,15,20H,3-8,11-12H2,1-2H3/t15-/m0/s1. The Kier molecular flexibility index (Phi) is 7.68. The number of likely N-dealkylation sites (tertiary alicyclic amines) is 1. The predicted octanol–water partition coefficient (Wildman–Crippen LogP) is 4.57. The highest BCUT2D eigenvalue weighted by Gasteiger charge is 2.22. The van der Waals surface area contributed by atoms with E-state index in [1.165, 1.54) is 24.9 Å². The number of hydrogen-bond donors (Lipinski definition) is 1. The molecule has 1 heterocycles. The number of nitrogens with one attached hydrogen (secondary N) is 1. The van der Waals surface area contributed by atoms with Crippen molar-refractivity contribution in [3.63, 3.8) is 0 Å². The van der Waals surface area contributed by atoms with Gasteiger partial charge in [-0.2, -0.15) is 0 Å². The van der Waals surface area contributed by atoms with Gasteiger partial charge in [-0.1, -0.05) is 29.8 Å². The lowest BCUT2D eigenvalue weighted by Gasteiger charge is -2.23. The van der Waals surface area contributed by atoms with E-state index in [1.54, 1.807) is 0 Å². The number of rotatable bonds is 8. The Hall–Kier alpha value is -0.100. The van der Waals surface area contributed by atoms with Crippen molar-refractivity contribution in [3.8, 4) is 5.75 Å². The van der Waals surface area contributed by atoms with Crippen LogP contribution in [0.2, 0.25) is 0 Å². The molecule has 1 aromatic carbocycles. The molecule has 22 heavy (non-hydrogen) atoms. The summed E-state index contributed by atoms with van der Waals surface area (Å²) in [5.74, 6) is 0.969. The third kappa shape index (κ3) is 4.95. The predicted molar refractivity (Wildman–Crippen MR) is 99.6 cm³/mol. The van der Waals surface area contributed by atoms with Crippen LogP contribution in [0.4, 0.5) is 0 Å². The van der Waals surface area contributed by atoms with E-state index in [9.17, 15) is 0 Å². The molecule has 0 unspecified atom stereocenters. The summed E-state index contributed by atoms with van der Waals surface area (Å²) >= 11 is 7.19. The average molecular weight is 434 g/mol. The van der Waals surface area contributed by atoms with Gasteiger partial charge in [-0.05, 0) is 60.4 Å². The van der Waals surface area contributed by atoms with Crippen LogP contribution in [0.15, 0.2) is 21.1 Å². The van der Waals surface area contributed by atoms with Gasteiger partial charge >= 0.3 is 0 Å². The van der Waals surface area contributed by atoms with Gasteiger partial charge in [0.15, 0.2) is 0 Å². The fourth-order valence-corrected chi connectivity index (χ4v) is 4.45. The molecule has 5 heteroatoms. The van der Waals surface area contributed by atoms with Crippen LogP contribution in [-0.2, 0) is 6.54 Å². The highest BCUT2D eigenvalue weighted by molar-refractivity contribution is 9.11. The summed E-state index contributed by atoms with van der Waals surface area (Å²) in [6.45, 7) is 9.41. The van der Waals surface area contributed by atoms with Crippen molar-refractivity contribution < 1.29 is 4.74 Å². The Morgan fingerprint density at radius 2 is 2.14 bits per heavy atom. The number of benzene rings is 1. The molecule has 0 amide bonds. The molecule has 124 valence electrons. The minimum Gasteiger partial charge on any atom is -0.492 e. The molecule has 2 rings (SSSR count). The summed E-state index contributed by atoms with van der Waals surface area (Å²) in [5.41, 5.74) is 1.20. The van der Waals surface area contributed by atoms with E-state index in [1.807, 2.05) is 6.07 Å². The highest BCUT2D eigenvalue weighted by atomic mass is 79.9. The van der Waals surface area contributed by atoms with Crippen LogP contribution in [0.1, 0.15) is 38.7 Å². The van der Waals surface area contributed by atoms with Crippen LogP contribution >= 0.6 is 31.9 Å². The third-order valence-corrected chi connectivity index (χ3v) is 5.18. The van der Waals surface area contributed by atoms with Gasteiger partial charge in [0, 0.05) is 29.2 Å². The van der Waals surface area contributed by atoms with Gasteiger partial charge < -0.3 is 10.1 Å². The SMILES string of the molecule is CCCOc1c(Br)cc(Br)cc1CNC[C@@H]1CCCN1CC. The van der Waals surface area contributed by atoms with E-state index >= 15 is 0 Å². The molecule has 0 aromatic heterocycles. The average Bonchev–Trinajstić information content (AvgIpc) is 2.94. The first kappa shape index (κ1) is 18.2. The number of ether oxygens (including phenoxy) is 1. The van der Waals surface area contributed by atoms with Gasteiger partial charge in [0.1, 0.15) is 5.75 Å². The molecule has 0 bridgehead atoms. The van der Waals surface area contributed by atoms with Crippen molar-refractivity contribution in [2.45, 2.75) is 45.7 Å². The third-order valence-electron chi connectivity index (χ3n) is 4.14. The molecule has 1 aliphatic heterocycles. The second-order valence-corrected chi connectivity index (χ2v) is 7.55. The largest absolute Gasteiger partial charge is 0.492 e. The van der Waals surface area contributed by atoms with E-state index in [2.05, 4.69) is 62.0 Å². The second-order valence-electron chi connectivity index (χ2n) is 5.78. The van der Waals surface area contributed by atoms with E-state index in [0.29, 0.717) is 6.04 Å². The quantitative estimate of drug-likeness (QED) is 0.649. The molecule has 0 spiro atoms. The molecule has 1 aliphatic rings. The molecule has 3 nitrogen and oxygen atoms in total. The zero-order chi connectivity index (χ0) is 15.9. The first-order valence-corrected chi connectivity index (χ1v) is 9.79. The monoisotopic (exact) mass is 432 g/mol. The molecule has 1 aromatic rings. The molecule has 0 aliphatic carbocycles. The normalized spacial score (nSPS) is 18.8. The molecule has 1 saturated heterocycles. The molecule has 0 radical (unpaired) electrons. The maximum Gasteiger partial charge on any atom is 0.138 e. The highest BCUT2D eigenvalue weighted by Crippen LogP contribution is 2.33. The van der Waals surface area contributed by atoms with Crippen molar-refractivity contribution >= 4 is 31.9 Å². The summed E-state index contributed by atoms with van der Waals surface area (Å²) in [6, 6.07) is 4.87. The summed E-state index contributed by atoms with van der Waals surface area (Å²) in [4.78, 5) is 2.57. The van der Waals surface area contributed by atoms with Crippen molar-refractivity contribution in [2.75, 3.05) is 26.2 Å². The minimum absolute atomic E-state index is 0.681. The van der Waals surface area contributed by atoms with E-state index in [4.69, 9.17) is 4.74 Å². The maximum atomic E-state index is 5.92. The summed E-state index contributed by atoms with van der Waals surface area (Å²) in [5, 5.41) is 3.62. The topological polar surface area (TPSA) is 24.5 Å². The van der Waals surface area contributed by atoms with Crippen LogP contribution in [0.5, 0.6) is 5.75 Å². The van der Waals surface area contributed by atoms with Crippen molar-refractivity contribution in [1.29, 1.82) is 0 Å². The van der Waals surface area contributed by atoms with Gasteiger partial charge in [-0.25, -0.2) is 0 Å². The maximum absolute atomic E-state index is 5.92. The van der Waals surface area contributed by atoms with Crippen molar-refractivity contribution in [3.05, 3.63) is 26.6 Å². The first-order chi connectivity index (χ1) is 10.7. The fourth-order valence-electron chi connectivity index (χ4n) is 3.03. The zero-order valence-electron chi connectivity index (χ0n) is 13.5. The number of hydrogen-bond acceptors (Lipinski definition) is 3. The first-order valence-electron chi connectivity index (χ1n) is 8.21. The van der Waals surface area contributed by atoms with Crippen LogP contribution in [-0.4, -0.2) is 37.2 Å². The Labute approximate surface area is 151 Å². The Balaban J connectivity index is 1.96. The van der Waals surface area contributed by atoms with Crippen LogP contribution < -0.4 is 10.1 Å². The van der Waals surface area contributed by atoms with Gasteiger partial charge in [-0.15, -0.1) is 0 Å². The molecule has 1 fully saturated rings. The lowest BCUT2D eigenvalue weighted by Crippen LogP contribution is -2.37. The van der Waals surface area contributed by atoms with Crippen molar-refractivity contribution in [1.82, 2.24) is 10.2 Å². The summed E-state index contributed by atoms with van der Waals surface area (Å²) < 4.78 is 8.02. The van der Waals surface area contributed by atoms with E-state index in [-0.39, 0.29) is 0 Å². The van der Waals surface area contributed by atoms with Crippen molar-refractivity contribution in [2.24, 2.45) is 0 Å². The molecular weight excluding hydrogens is 408 g/mol. The molecule has 1 N–H and O–H groups in total. The lowest BCUT2D eigenvalue weighted by atomic mass is 10.1. The van der Waals surface area contributed by atoms with Gasteiger partial charge in [0.25, 0.3) is 0 Å². The van der Waals surface area contributed by atoms with Gasteiger partial charge in [-0.3, -0.25) is 4.90 Å². The summed E-state index contributed by atoms with van der Waals surface area (Å²) in [6.07, 6.45) is 3.65.